The van der Waals surface area contributed by atoms with Gasteiger partial charge in [0.2, 0.25) is 0 Å². The molecule has 2 rings (SSSR count). The highest BCUT2D eigenvalue weighted by Crippen LogP contribution is 2.39. The summed E-state index contributed by atoms with van der Waals surface area (Å²) >= 11 is 6.02. The van der Waals surface area contributed by atoms with Gasteiger partial charge in [-0.3, -0.25) is 0 Å². The molecule has 1 N–H and O–H groups in total. The molecular formula is C8H13ClO4. The molecule has 2 aliphatic rings. The first-order chi connectivity index (χ1) is 6.03. The predicted molar refractivity (Wildman–Crippen MR) is 45.4 cm³/mol. The average molecular weight is 209 g/mol. The van der Waals surface area contributed by atoms with Gasteiger partial charge in [0.25, 0.3) is 0 Å². The van der Waals surface area contributed by atoms with Crippen LogP contribution in [-0.2, 0) is 14.2 Å². The first-order valence-corrected chi connectivity index (χ1v) is 4.73. The summed E-state index contributed by atoms with van der Waals surface area (Å²) in [5.41, 5.74) is 0. The minimum Gasteiger partial charge on any atom is -0.394 e. The fraction of sp³-hybridized carbons (Fsp3) is 1.00. The zero-order chi connectivity index (χ0) is 9.64. The highest BCUT2D eigenvalue weighted by atomic mass is 35.5. The van der Waals surface area contributed by atoms with Crippen LogP contribution in [0.3, 0.4) is 0 Å². The van der Waals surface area contributed by atoms with Crippen molar-refractivity contribution in [3.05, 3.63) is 0 Å². The van der Waals surface area contributed by atoms with Crippen LogP contribution < -0.4 is 0 Å². The van der Waals surface area contributed by atoms with Gasteiger partial charge in [-0.2, -0.15) is 0 Å². The number of aliphatic hydroxyl groups excluding tert-OH is 1. The molecule has 0 bridgehead atoms. The minimum absolute atomic E-state index is 0.103. The highest BCUT2D eigenvalue weighted by Gasteiger charge is 2.53. The van der Waals surface area contributed by atoms with Crippen LogP contribution in [0.15, 0.2) is 0 Å². The van der Waals surface area contributed by atoms with Crippen LogP contribution in [0.1, 0.15) is 13.8 Å². The first-order valence-electron chi connectivity index (χ1n) is 4.29. The van der Waals surface area contributed by atoms with E-state index in [0.29, 0.717) is 0 Å². The van der Waals surface area contributed by atoms with Crippen molar-refractivity contribution in [2.45, 2.75) is 43.5 Å². The summed E-state index contributed by atoms with van der Waals surface area (Å²) in [6.07, 6.45) is -1.09. The molecule has 0 aromatic rings. The zero-order valence-electron chi connectivity index (χ0n) is 7.57. The minimum atomic E-state index is -0.636. The van der Waals surface area contributed by atoms with Crippen LogP contribution in [0.5, 0.6) is 0 Å². The Bertz CT molecular complexity index is 208. The molecule has 0 aromatic heterocycles. The molecule has 2 fully saturated rings. The number of alkyl halides is 1. The summed E-state index contributed by atoms with van der Waals surface area (Å²) in [4.78, 5) is 0. The first kappa shape index (κ1) is 9.68. The van der Waals surface area contributed by atoms with Crippen molar-refractivity contribution in [1.29, 1.82) is 0 Å². The Morgan fingerprint density at radius 3 is 2.62 bits per heavy atom. The summed E-state index contributed by atoms with van der Waals surface area (Å²) in [5.74, 6) is -0.636. The molecule has 2 saturated heterocycles. The number of ether oxygens (including phenoxy) is 3. The quantitative estimate of drug-likeness (QED) is 0.637. The van der Waals surface area contributed by atoms with Crippen molar-refractivity contribution in [1.82, 2.24) is 0 Å². The van der Waals surface area contributed by atoms with Gasteiger partial charge in [0.15, 0.2) is 12.1 Å². The van der Waals surface area contributed by atoms with Crippen molar-refractivity contribution in [2.75, 3.05) is 6.61 Å². The van der Waals surface area contributed by atoms with Gasteiger partial charge in [-0.1, -0.05) is 0 Å². The maximum Gasteiger partial charge on any atom is 0.189 e. The van der Waals surface area contributed by atoms with E-state index in [9.17, 15) is 0 Å². The van der Waals surface area contributed by atoms with Gasteiger partial charge in [0.1, 0.15) is 12.2 Å². The van der Waals surface area contributed by atoms with Gasteiger partial charge < -0.3 is 19.3 Å². The third-order valence-electron chi connectivity index (χ3n) is 2.25. The Morgan fingerprint density at radius 1 is 1.38 bits per heavy atom. The second-order valence-electron chi connectivity index (χ2n) is 3.77. The van der Waals surface area contributed by atoms with Crippen molar-refractivity contribution in [3.63, 3.8) is 0 Å². The zero-order valence-corrected chi connectivity index (χ0v) is 8.32. The smallest absolute Gasteiger partial charge is 0.189 e. The third kappa shape index (κ3) is 1.57. The van der Waals surface area contributed by atoms with Crippen LogP contribution in [0, 0.1) is 0 Å². The lowest BCUT2D eigenvalue weighted by Crippen LogP contribution is -2.32. The molecule has 0 aliphatic carbocycles. The molecule has 0 radical (unpaired) electrons. The lowest BCUT2D eigenvalue weighted by atomic mass is 10.2. The fourth-order valence-corrected chi connectivity index (χ4v) is 1.99. The van der Waals surface area contributed by atoms with Crippen molar-refractivity contribution in [2.24, 2.45) is 0 Å². The molecule has 2 heterocycles. The maximum absolute atomic E-state index is 8.90. The Labute approximate surface area is 81.7 Å². The normalized spacial score (nSPS) is 48.0. The molecular weight excluding hydrogens is 196 g/mol. The topological polar surface area (TPSA) is 47.9 Å². The third-order valence-corrected chi connectivity index (χ3v) is 2.78. The van der Waals surface area contributed by atoms with E-state index in [1.165, 1.54) is 0 Å². The molecule has 4 atom stereocenters. The summed E-state index contributed by atoms with van der Waals surface area (Å²) in [6, 6.07) is 0. The van der Waals surface area contributed by atoms with E-state index in [-0.39, 0.29) is 24.2 Å². The SMILES string of the molecule is CC1(C)O[C@H]2O[C@H](CO)[C@H](Cl)[C@H]2O1. The average Bonchev–Trinajstić information content (AvgIpc) is 2.47. The molecule has 0 amide bonds. The lowest BCUT2D eigenvalue weighted by Gasteiger charge is -2.21. The predicted octanol–water partition coefficient (Wildman–Crippen LogP) is 0.462. The molecule has 76 valence electrons. The van der Waals surface area contributed by atoms with E-state index < -0.39 is 12.1 Å². The van der Waals surface area contributed by atoms with Gasteiger partial charge in [-0.15, -0.1) is 11.6 Å². The molecule has 5 heteroatoms. The summed E-state index contributed by atoms with van der Waals surface area (Å²) in [7, 11) is 0. The second kappa shape index (κ2) is 3.07. The Kier molecular flexibility index (Phi) is 2.28. The van der Waals surface area contributed by atoms with E-state index in [0.717, 1.165) is 0 Å². The van der Waals surface area contributed by atoms with E-state index in [2.05, 4.69) is 0 Å². The Hall–Kier alpha value is 0.130. The number of fused-ring (bicyclic) bond motifs is 1. The van der Waals surface area contributed by atoms with Gasteiger partial charge >= 0.3 is 0 Å². The number of aliphatic hydroxyl groups is 1. The monoisotopic (exact) mass is 208 g/mol. The second-order valence-corrected chi connectivity index (χ2v) is 4.27. The molecule has 2 aliphatic heterocycles. The van der Waals surface area contributed by atoms with Crippen LogP contribution in [-0.4, -0.2) is 41.4 Å². The van der Waals surface area contributed by atoms with E-state index in [1.807, 2.05) is 13.8 Å². The van der Waals surface area contributed by atoms with Gasteiger partial charge in [-0.25, -0.2) is 0 Å². The number of hydrogen-bond donors (Lipinski definition) is 1. The van der Waals surface area contributed by atoms with Gasteiger partial charge in [0.05, 0.1) is 12.0 Å². The number of hydrogen-bond acceptors (Lipinski definition) is 4. The van der Waals surface area contributed by atoms with Gasteiger partial charge in [0, 0.05) is 0 Å². The molecule has 0 saturated carbocycles. The number of halogens is 1. The van der Waals surface area contributed by atoms with Crippen LogP contribution >= 0.6 is 11.6 Å². The van der Waals surface area contributed by atoms with E-state index in [4.69, 9.17) is 30.9 Å². The van der Waals surface area contributed by atoms with Crippen LogP contribution in [0.25, 0.3) is 0 Å². The maximum atomic E-state index is 8.90. The fourth-order valence-electron chi connectivity index (χ4n) is 1.68. The largest absolute Gasteiger partial charge is 0.394 e. The van der Waals surface area contributed by atoms with Crippen LogP contribution in [0.4, 0.5) is 0 Å². The van der Waals surface area contributed by atoms with Crippen molar-refractivity contribution in [3.8, 4) is 0 Å². The molecule has 0 aromatic carbocycles. The Balaban J connectivity index is 2.07. The summed E-state index contributed by atoms with van der Waals surface area (Å²) in [5, 5.41) is 8.56. The van der Waals surface area contributed by atoms with Crippen LogP contribution in [0.2, 0.25) is 0 Å². The van der Waals surface area contributed by atoms with Gasteiger partial charge in [-0.05, 0) is 13.8 Å². The van der Waals surface area contributed by atoms with E-state index >= 15 is 0 Å². The van der Waals surface area contributed by atoms with Crippen molar-refractivity contribution >= 4 is 11.6 Å². The molecule has 0 spiro atoms. The summed E-state index contributed by atoms with van der Waals surface area (Å²) in [6.45, 7) is 3.52. The Morgan fingerprint density at radius 2 is 2.08 bits per heavy atom. The number of rotatable bonds is 1. The molecule has 13 heavy (non-hydrogen) atoms. The van der Waals surface area contributed by atoms with Crippen molar-refractivity contribution < 1.29 is 19.3 Å². The van der Waals surface area contributed by atoms with E-state index in [1.54, 1.807) is 0 Å². The molecule has 0 unspecified atom stereocenters. The highest BCUT2D eigenvalue weighted by molar-refractivity contribution is 6.21. The lowest BCUT2D eigenvalue weighted by molar-refractivity contribution is -0.207. The molecule has 4 nitrogen and oxygen atoms in total. The summed E-state index contributed by atoms with van der Waals surface area (Å²) < 4.78 is 16.3. The standard InChI is InChI=1S/C8H13ClO4/c1-8(2)12-6-5(9)4(3-10)11-7(6)13-8/h4-7,10H,3H2,1-2H3/t4-,5+,6-,7-/m1/s1.